The summed E-state index contributed by atoms with van der Waals surface area (Å²) in [5.74, 6) is 0. The Hall–Kier alpha value is -2.80. The van der Waals surface area contributed by atoms with Gasteiger partial charge in [-0.3, -0.25) is 0 Å². The molecule has 0 unspecified atom stereocenters. The van der Waals surface area contributed by atoms with Crippen LogP contribution in [-0.2, 0) is 17.3 Å². The van der Waals surface area contributed by atoms with E-state index in [0.717, 1.165) is 12.8 Å². The van der Waals surface area contributed by atoms with Crippen molar-refractivity contribution in [2.24, 2.45) is 0 Å². The predicted molar refractivity (Wildman–Crippen MR) is 137 cm³/mol. The number of nitrogens with zero attached hydrogens (tertiary/aromatic N) is 1. The molecule has 0 aliphatic rings. The molecule has 162 valence electrons. The quantitative estimate of drug-likeness (QED) is 0.366. The summed E-state index contributed by atoms with van der Waals surface area (Å²) >= 11 is 0. The zero-order chi connectivity index (χ0) is 22.6. The van der Waals surface area contributed by atoms with Crippen LogP contribution < -0.4 is 4.90 Å². The third kappa shape index (κ3) is 5.67. The van der Waals surface area contributed by atoms with Crippen molar-refractivity contribution in [3.8, 4) is 0 Å². The van der Waals surface area contributed by atoms with Gasteiger partial charge in [-0.2, -0.15) is 0 Å². The van der Waals surface area contributed by atoms with Crippen molar-refractivity contribution in [3.05, 3.63) is 102 Å². The molecular weight excluding hydrogens is 374 g/mol. The van der Waals surface area contributed by atoms with Crippen molar-refractivity contribution < 1.29 is 0 Å². The molecule has 0 atom stereocenters. The zero-order valence-corrected chi connectivity index (χ0v) is 20.1. The third-order valence-electron chi connectivity index (χ3n) is 5.79. The summed E-state index contributed by atoms with van der Waals surface area (Å²) in [4.78, 5) is 2.36. The largest absolute Gasteiger partial charge is 0.310 e. The molecule has 0 aliphatic heterocycles. The zero-order valence-electron chi connectivity index (χ0n) is 20.1. The van der Waals surface area contributed by atoms with Gasteiger partial charge in [-0.05, 0) is 76.8 Å². The molecule has 1 heteroatoms. The van der Waals surface area contributed by atoms with E-state index >= 15 is 0 Å². The van der Waals surface area contributed by atoms with Gasteiger partial charge in [0.1, 0.15) is 0 Å². The lowest BCUT2D eigenvalue weighted by atomic mass is 9.86. The minimum absolute atomic E-state index is 0.141. The van der Waals surface area contributed by atoms with Gasteiger partial charge in [0.25, 0.3) is 0 Å². The summed E-state index contributed by atoms with van der Waals surface area (Å²) in [5, 5.41) is 0. The molecule has 0 N–H and O–H groups in total. The fourth-order valence-corrected chi connectivity index (χ4v) is 3.79. The maximum atomic E-state index is 3.87. The summed E-state index contributed by atoms with van der Waals surface area (Å²) in [6.07, 6.45) is 3.99. The molecule has 3 aromatic carbocycles. The molecule has 3 rings (SSSR count). The second-order valence-electron chi connectivity index (χ2n) is 10.4. The number of aryl methyl sites for hydroxylation is 1. The molecule has 3 aromatic rings. The number of hydrogen-bond donors (Lipinski definition) is 0. The Kier molecular flexibility index (Phi) is 6.74. The summed E-state index contributed by atoms with van der Waals surface area (Å²) in [6.45, 7) is 17.4. The van der Waals surface area contributed by atoms with Crippen LogP contribution in [0.4, 0.5) is 17.1 Å². The van der Waals surface area contributed by atoms with E-state index < -0.39 is 0 Å². The number of rotatable bonds is 6. The monoisotopic (exact) mass is 411 g/mol. The van der Waals surface area contributed by atoms with Crippen LogP contribution in [-0.4, -0.2) is 0 Å². The minimum Gasteiger partial charge on any atom is -0.310 e. The van der Waals surface area contributed by atoms with E-state index in [-0.39, 0.29) is 10.8 Å². The summed E-state index contributed by atoms with van der Waals surface area (Å²) < 4.78 is 0. The standard InChI is InChI=1S/C30H37N/c1-8-9-11-23-12-10-13-28(22-23)31(26-18-14-24(15-19-26)29(2,3)4)27-20-16-25(17-21-27)30(5,6)7/h8,10,12-22H,1,9,11H2,2-7H3. The Morgan fingerprint density at radius 2 is 1.16 bits per heavy atom. The lowest BCUT2D eigenvalue weighted by Gasteiger charge is -2.28. The highest BCUT2D eigenvalue weighted by Crippen LogP contribution is 2.37. The first-order valence-corrected chi connectivity index (χ1v) is 11.3. The highest BCUT2D eigenvalue weighted by Gasteiger charge is 2.18. The van der Waals surface area contributed by atoms with Gasteiger partial charge in [0.05, 0.1) is 0 Å². The van der Waals surface area contributed by atoms with Crippen molar-refractivity contribution in [3.63, 3.8) is 0 Å². The van der Waals surface area contributed by atoms with Crippen LogP contribution >= 0.6 is 0 Å². The molecule has 0 amide bonds. The van der Waals surface area contributed by atoms with Crippen LogP contribution in [0.1, 0.15) is 64.7 Å². The van der Waals surface area contributed by atoms with Crippen molar-refractivity contribution in [2.75, 3.05) is 4.90 Å². The van der Waals surface area contributed by atoms with E-state index in [1.54, 1.807) is 0 Å². The van der Waals surface area contributed by atoms with Crippen LogP contribution in [0.3, 0.4) is 0 Å². The van der Waals surface area contributed by atoms with Crippen LogP contribution in [0, 0.1) is 0 Å². The first-order valence-electron chi connectivity index (χ1n) is 11.3. The van der Waals surface area contributed by atoms with Crippen LogP contribution in [0.5, 0.6) is 0 Å². The second-order valence-corrected chi connectivity index (χ2v) is 10.4. The van der Waals surface area contributed by atoms with Crippen LogP contribution in [0.25, 0.3) is 0 Å². The maximum absolute atomic E-state index is 3.87. The molecule has 0 aromatic heterocycles. The first kappa shape index (κ1) is 22.9. The molecule has 0 aliphatic carbocycles. The van der Waals surface area contributed by atoms with E-state index in [0.29, 0.717) is 0 Å². The second kappa shape index (κ2) is 9.14. The van der Waals surface area contributed by atoms with Crippen molar-refractivity contribution in [1.29, 1.82) is 0 Å². The van der Waals surface area contributed by atoms with Crippen LogP contribution in [0.2, 0.25) is 0 Å². The van der Waals surface area contributed by atoms with E-state index in [9.17, 15) is 0 Å². The number of hydrogen-bond acceptors (Lipinski definition) is 1. The highest BCUT2D eigenvalue weighted by molar-refractivity contribution is 5.77. The van der Waals surface area contributed by atoms with Gasteiger partial charge in [0, 0.05) is 17.1 Å². The average molecular weight is 412 g/mol. The third-order valence-corrected chi connectivity index (χ3v) is 5.79. The predicted octanol–water partition coefficient (Wildman–Crippen LogP) is 8.87. The fourth-order valence-electron chi connectivity index (χ4n) is 3.79. The molecule has 0 bridgehead atoms. The summed E-state index contributed by atoms with van der Waals surface area (Å²) in [6, 6.07) is 26.9. The minimum atomic E-state index is 0.141. The van der Waals surface area contributed by atoms with E-state index in [4.69, 9.17) is 0 Å². The number of benzene rings is 3. The van der Waals surface area contributed by atoms with Crippen molar-refractivity contribution in [2.45, 2.75) is 65.2 Å². The van der Waals surface area contributed by atoms with Gasteiger partial charge in [0.15, 0.2) is 0 Å². The molecule has 0 fully saturated rings. The average Bonchev–Trinajstić information content (AvgIpc) is 2.72. The number of anilines is 3. The van der Waals surface area contributed by atoms with Gasteiger partial charge in [0.2, 0.25) is 0 Å². The van der Waals surface area contributed by atoms with Gasteiger partial charge in [-0.15, -0.1) is 6.58 Å². The highest BCUT2D eigenvalue weighted by atomic mass is 15.1. The Balaban J connectivity index is 2.07. The maximum Gasteiger partial charge on any atom is 0.0464 e. The normalized spacial score (nSPS) is 11.9. The van der Waals surface area contributed by atoms with Crippen LogP contribution in [0.15, 0.2) is 85.5 Å². The van der Waals surface area contributed by atoms with Gasteiger partial charge < -0.3 is 4.90 Å². The lowest BCUT2D eigenvalue weighted by Crippen LogP contribution is -2.14. The van der Waals surface area contributed by atoms with Gasteiger partial charge in [-0.1, -0.05) is 84.0 Å². The SMILES string of the molecule is C=CCCc1cccc(N(c2ccc(C(C)(C)C)cc2)c2ccc(C(C)(C)C)cc2)c1. The Morgan fingerprint density at radius 1 is 0.677 bits per heavy atom. The molecular formula is C30H37N. The molecule has 0 saturated carbocycles. The summed E-state index contributed by atoms with van der Waals surface area (Å²) in [7, 11) is 0. The van der Waals surface area contributed by atoms with Gasteiger partial charge >= 0.3 is 0 Å². The summed E-state index contributed by atoms with van der Waals surface area (Å²) in [5.41, 5.74) is 7.85. The van der Waals surface area contributed by atoms with E-state index in [1.165, 1.54) is 33.8 Å². The fraction of sp³-hybridized carbons (Fsp3) is 0.333. The Morgan fingerprint density at radius 3 is 1.58 bits per heavy atom. The smallest absolute Gasteiger partial charge is 0.0464 e. The molecule has 0 spiro atoms. The molecule has 31 heavy (non-hydrogen) atoms. The molecule has 0 saturated heterocycles. The molecule has 0 heterocycles. The van der Waals surface area contributed by atoms with E-state index in [2.05, 4.69) is 126 Å². The van der Waals surface area contributed by atoms with Crippen molar-refractivity contribution >= 4 is 17.1 Å². The molecule has 0 radical (unpaired) electrons. The lowest BCUT2D eigenvalue weighted by molar-refractivity contribution is 0.590. The number of allylic oxidation sites excluding steroid dienone is 1. The van der Waals surface area contributed by atoms with Gasteiger partial charge in [-0.25, -0.2) is 0 Å². The molecule has 1 nitrogen and oxygen atoms in total. The Bertz CT molecular complexity index is 939. The topological polar surface area (TPSA) is 3.24 Å². The van der Waals surface area contributed by atoms with Crippen molar-refractivity contribution in [1.82, 2.24) is 0 Å². The van der Waals surface area contributed by atoms with E-state index in [1.807, 2.05) is 6.08 Å². The first-order chi connectivity index (χ1) is 14.6. The Labute approximate surface area is 189 Å².